The molecule has 0 amide bonds. The lowest BCUT2D eigenvalue weighted by Crippen LogP contribution is -2.44. The Morgan fingerprint density at radius 1 is 1.10 bits per heavy atom. The molecule has 0 radical (unpaired) electrons. The van der Waals surface area contributed by atoms with Gasteiger partial charge in [-0.05, 0) is 12.0 Å². The molecule has 0 saturated carbocycles. The lowest BCUT2D eigenvalue weighted by Gasteiger charge is -2.29. The number of hydrogen-bond acceptors (Lipinski definition) is 7. The van der Waals surface area contributed by atoms with Crippen LogP contribution in [0, 0.1) is 0 Å². The lowest BCUT2D eigenvalue weighted by atomic mass is 10.2. The van der Waals surface area contributed by atoms with E-state index < -0.39 is 11.1 Å². The molecule has 4 rings (SSSR count). The quantitative estimate of drug-likeness (QED) is 0.359. The molecule has 3 aromatic rings. The molecule has 8 nitrogen and oxygen atoms in total. The van der Waals surface area contributed by atoms with Crippen LogP contribution in [-0.2, 0) is 6.54 Å². The van der Waals surface area contributed by atoms with Crippen molar-refractivity contribution in [1.29, 1.82) is 0 Å². The Balaban J connectivity index is 1.92. The van der Waals surface area contributed by atoms with Crippen molar-refractivity contribution in [3.8, 4) is 0 Å². The Hall–Kier alpha value is -2.65. The van der Waals surface area contributed by atoms with E-state index in [-0.39, 0.29) is 6.54 Å². The number of fused-ring (bicyclic) bond motifs is 1. The van der Waals surface area contributed by atoms with E-state index in [0.29, 0.717) is 22.1 Å². The van der Waals surface area contributed by atoms with Gasteiger partial charge in [0.1, 0.15) is 5.52 Å². The Morgan fingerprint density at radius 2 is 1.86 bits per heavy atom. The van der Waals surface area contributed by atoms with E-state index in [4.69, 9.17) is 4.98 Å². The molecule has 0 unspecified atom stereocenters. The molecule has 2 aromatic heterocycles. The van der Waals surface area contributed by atoms with Gasteiger partial charge in [0.15, 0.2) is 16.6 Å². The monoisotopic (exact) mass is 412 g/mol. The molecule has 0 aliphatic carbocycles. The molecular formula is C20H24N6O2S. The number of H-pyrrole nitrogens is 1. The van der Waals surface area contributed by atoms with E-state index in [0.717, 1.165) is 43.9 Å². The van der Waals surface area contributed by atoms with Gasteiger partial charge in [0.25, 0.3) is 0 Å². The van der Waals surface area contributed by atoms with Crippen LogP contribution >= 0.6 is 11.8 Å². The van der Waals surface area contributed by atoms with Gasteiger partial charge in [0.05, 0.1) is 6.54 Å². The molecule has 0 atom stereocenters. The van der Waals surface area contributed by atoms with Crippen LogP contribution in [-0.4, -0.2) is 51.5 Å². The number of piperazine rings is 1. The van der Waals surface area contributed by atoms with Crippen molar-refractivity contribution >= 4 is 28.7 Å². The molecule has 1 aromatic carbocycles. The van der Waals surface area contributed by atoms with Gasteiger partial charge >= 0.3 is 11.1 Å². The van der Waals surface area contributed by atoms with Gasteiger partial charge in [-0.2, -0.15) is 0 Å². The zero-order valence-electron chi connectivity index (χ0n) is 16.4. The van der Waals surface area contributed by atoms with Gasteiger partial charge in [-0.3, -0.25) is 14.2 Å². The van der Waals surface area contributed by atoms with Crippen LogP contribution in [0.2, 0.25) is 0 Å². The van der Waals surface area contributed by atoms with E-state index in [1.165, 1.54) is 4.57 Å². The molecule has 1 saturated heterocycles. The lowest BCUT2D eigenvalue weighted by molar-refractivity contribution is 0.583. The summed E-state index contributed by atoms with van der Waals surface area (Å²) in [6.45, 7) is 5.64. The molecule has 152 valence electrons. The minimum Gasteiger partial charge on any atom is -0.352 e. The maximum absolute atomic E-state index is 12.7. The number of nitrogens with zero attached hydrogens (tertiary/aromatic N) is 4. The fourth-order valence-electron chi connectivity index (χ4n) is 3.39. The molecular weight excluding hydrogens is 388 g/mol. The highest BCUT2D eigenvalue weighted by atomic mass is 32.2. The Kier molecular flexibility index (Phi) is 5.96. The fraction of sp³-hybridized carbons (Fsp3) is 0.400. The zero-order valence-corrected chi connectivity index (χ0v) is 17.2. The Morgan fingerprint density at radius 3 is 2.59 bits per heavy atom. The smallest absolute Gasteiger partial charge is 0.318 e. The highest BCUT2D eigenvalue weighted by Gasteiger charge is 2.21. The Bertz CT molecular complexity index is 1110. The van der Waals surface area contributed by atoms with Crippen molar-refractivity contribution in [2.75, 3.05) is 36.8 Å². The van der Waals surface area contributed by atoms with Crippen LogP contribution < -0.4 is 21.3 Å². The van der Waals surface area contributed by atoms with Crippen LogP contribution in [0.15, 0.2) is 45.1 Å². The number of aromatic amines is 1. The number of rotatable bonds is 6. The largest absolute Gasteiger partial charge is 0.352 e. The first-order valence-electron chi connectivity index (χ1n) is 9.84. The van der Waals surface area contributed by atoms with Crippen molar-refractivity contribution in [3.05, 3.63) is 56.6 Å². The first-order valence-corrected chi connectivity index (χ1v) is 10.8. The average Bonchev–Trinajstić information content (AvgIpc) is 2.76. The highest BCUT2D eigenvalue weighted by molar-refractivity contribution is 7.99. The summed E-state index contributed by atoms with van der Waals surface area (Å²) in [5, 5.41) is 3.95. The topological polar surface area (TPSA) is 95.9 Å². The summed E-state index contributed by atoms with van der Waals surface area (Å²) < 4.78 is 1.47. The summed E-state index contributed by atoms with van der Waals surface area (Å²) in [5.41, 5.74) is 0.681. The summed E-state index contributed by atoms with van der Waals surface area (Å²) in [7, 11) is 0. The van der Waals surface area contributed by atoms with Crippen LogP contribution in [0.4, 0.5) is 5.82 Å². The third kappa shape index (κ3) is 4.20. The highest BCUT2D eigenvalue weighted by Crippen LogP contribution is 2.25. The third-order valence-electron chi connectivity index (χ3n) is 4.82. The number of thioether (sulfide) groups is 1. The minimum atomic E-state index is -0.651. The molecule has 1 aliphatic heterocycles. The first-order chi connectivity index (χ1) is 14.2. The van der Waals surface area contributed by atoms with Crippen LogP contribution in [0.3, 0.4) is 0 Å². The number of hydrogen-bond donors (Lipinski definition) is 2. The van der Waals surface area contributed by atoms with Crippen LogP contribution in [0.25, 0.3) is 11.2 Å². The molecule has 1 aliphatic rings. The van der Waals surface area contributed by atoms with Crippen molar-refractivity contribution in [3.63, 3.8) is 0 Å². The standard InChI is InChI=1S/C20H24N6O2S/c1-2-12-29-20-23-16(25-10-8-21-9-11-25)15-17(24-20)26(19(28)18(27)22-15)13-14-6-4-3-5-7-14/h3-7,21H,2,8-13H2,1H3,(H,22,27). The van der Waals surface area contributed by atoms with Crippen molar-refractivity contribution in [1.82, 2.24) is 24.8 Å². The molecule has 9 heteroatoms. The summed E-state index contributed by atoms with van der Waals surface area (Å²) in [4.78, 5) is 39.5. The summed E-state index contributed by atoms with van der Waals surface area (Å²) in [6.07, 6.45) is 0.997. The maximum Gasteiger partial charge on any atom is 0.318 e. The summed E-state index contributed by atoms with van der Waals surface area (Å²) in [5.74, 6) is 1.58. The van der Waals surface area contributed by atoms with Crippen molar-refractivity contribution < 1.29 is 0 Å². The summed E-state index contributed by atoms with van der Waals surface area (Å²) >= 11 is 1.57. The van der Waals surface area contributed by atoms with Gasteiger partial charge < -0.3 is 15.2 Å². The second kappa shape index (κ2) is 8.79. The normalized spacial score (nSPS) is 14.4. The van der Waals surface area contributed by atoms with Crippen molar-refractivity contribution in [2.45, 2.75) is 25.0 Å². The first kappa shape index (κ1) is 19.7. The number of nitrogens with one attached hydrogen (secondary N) is 2. The maximum atomic E-state index is 12.7. The Labute approximate surface area is 172 Å². The molecule has 2 N–H and O–H groups in total. The van der Waals surface area contributed by atoms with E-state index >= 15 is 0 Å². The molecule has 29 heavy (non-hydrogen) atoms. The van der Waals surface area contributed by atoms with Crippen LogP contribution in [0.1, 0.15) is 18.9 Å². The van der Waals surface area contributed by atoms with Gasteiger partial charge in [-0.1, -0.05) is 49.0 Å². The van der Waals surface area contributed by atoms with E-state index in [1.54, 1.807) is 11.8 Å². The van der Waals surface area contributed by atoms with E-state index in [2.05, 4.69) is 27.1 Å². The third-order valence-corrected chi connectivity index (χ3v) is 5.87. The van der Waals surface area contributed by atoms with Crippen LogP contribution in [0.5, 0.6) is 0 Å². The second-order valence-corrected chi connectivity index (χ2v) is 8.01. The second-order valence-electron chi connectivity index (χ2n) is 6.94. The fourth-order valence-corrected chi connectivity index (χ4v) is 4.08. The number of anilines is 1. The molecule has 0 bridgehead atoms. The average molecular weight is 413 g/mol. The van der Waals surface area contributed by atoms with Gasteiger partial charge in [-0.25, -0.2) is 9.97 Å². The molecule has 0 spiro atoms. The van der Waals surface area contributed by atoms with E-state index in [1.807, 2.05) is 30.3 Å². The molecule has 3 heterocycles. The summed E-state index contributed by atoms with van der Waals surface area (Å²) in [6, 6.07) is 9.63. The predicted octanol–water partition coefficient (Wildman–Crippen LogP) is 1.44. The van der Waals surface area contributed by atoms with Gasteiger partial charge in [-0.15, -0.1) is 0 Å². The minimum absolute atomic E-state index is 0.288. The number of benzene rings is 1. The molecule has 1 fully saturated rings. The van der Waals surface area contributed by atoms with Crippen molar-refractivity contribution in [2.24, 2.45) is 0 Å². The zero-order chi connectivity index (χ0) is 20.2. The predicted molar refractivity (Wildman–Crippen MR) is 116 cm³/mol. The van der Waals surface area contributed by atoms with Gasteiger partial charge in [0, 0.05) is 31.9 Å². The SMILES string of the molecule is CCCSc1nc(N2CCNCC2)c2[nH]c(=O)c(=O)n(Cc3ccccc3)c2n1. The number of aromatic nitrogens is 4. The van der Waals surface area contributed by atoms with Gasteiger partial charge in [0.2, 0.25) is 0 Å². The van der Waals surface area contributed by atoms with E-state index in [9.17, 15) is 9.59 Å².